The van der Waals surface area contributed by atoms with Gasteiger partial charge in [0.05, 0.1) is 5.60 Å². The molecule has 0 aromatic rings. The molecule has 0 aromatic heterocycles. The van der Waals surface area contributed by atoms with E-state index in [1.165, 1.54) is 12.0 Å². The van der Waals surface area contributed by atoms with Crippen LogP contribution in [0.1, 0.15) is 46.0 Å². The molecule has 0 saturated heterocycles. The number of hydrogen-bond acceptors (Lipinski definition) is 3. The van der Waals surface area contributed by atoms with Crippen molar-refractivity contribution in [2.45, 2.75) is 51.6 Å². The van der Waals surface area contributed by atoms with Crippen molar-refractivity contribution in [1.82, 2.24) is 0 Å². The van der Waals surface area contributed by atoms with Gasteiger partial charge < -0.3 is 5.11 Å². The average Bonchev–Trinajstić information content (AvgIpc) is 2.25. The molecule has 15 heavy (non-hydrogen) atoms. The fraction of sp³-hybridized carbons (Fsp3) is 0.667. The number of allylic oxidation sites excluding steroid dienone is 2. The second-order valence-electron chi connectivity index (χ2n) is 3.92. The summed E-state index contributed by atoms with van der Waals surface area (Å²) in [4.78, 5) is 0. The fourth-order valence-electron chi connectivity index (χ4n) is 1.80. The number of hydrogen-bond donors (Lipinski definition) is 3. The molecule has 1 aliphatic rings. The lowest BCUT2D eigenvalue weighted by atomic mass is 9.87. The van der Waals surface area contributed by atoms with Crippen molar-refractivity contribution in [3.05, 3.63) is 23.8 Å². The van der Waals surface area contributed by atoms with Gasteiger partial charge >= 0.3 is 0 Å². The lowest BCUT2D eigenvalue weighted by molar-refractivity contribution is -0.176. The van der Waals surface area contributed by atoms with Crippen LogP contribution in [0.2, 0.25) is 0 Å². The van der Waals surface area contributed by atoms with Crippen LogP contribution in [0.5, 0.6) is 0 Å². The minimum Gasteiger partial charge on any atom is -0.385 e. The zero-order valence-electron chi connectivity index (χ0n) is 9.61. The summed E-state index contributed by atoms with van der Waals surface area (Å²) in [5, 5.41) is 22.0. The van der Waals surface area contributed by atoms with E-state index in [2.05, 4.69) is 26.0 Å². The second-order valence-corrected chi connectivity index (χ2v) is 3.92. The summed E-state index contributed by atoms with van der Waals surface area (Å²) in [6.07, 6.45) is 11.3. The summed E-state index contributed by atoms with van der Waals surface area (Å²) >= 11 is 0. The van der Waals surface area contributed by atoms with Gasteiger partial charge in [0, 0.05) is 0 Å². The van der Waals surface area contributed by atoms with Crippen LogP contribution in [0.4, 0.5) is 0 Å². The summed E-state index contributed by atoms with van der Waals surface area (Å²) < 4.78 is 0. The molecule has 0 aliphatic heterocycles. The van der Waals surface area contributed by atoms with Crippen molar-refractivity contribution < 1.29 is 15.6 Å². The first-order valence-corrected chi connectivity index (χ1v) is 5.51. The molecule has 3 nitrogen and oxygen atoms in total. The van der Waals surface area contributed by atoms with E-state index < -0.39 is 5.60 Å². The first kappa shape index (κ1) is 14.4. The smallest absolute Gasteiger partial charge is 0.0865 e. The van der Waals surface area contributed by atoms with E-state index in [-0.39, 0.29) is 0 Å². The molecule has 1 aliphatic carbocycles. The van der Waals surface area contributed by atoms with Gasteiger partial charge in [-0.3, -0.25) is 10.5 Å². The SMILES string of the molecule is CCCC1=CCC(O)(CCC)C=C1.OO. The van der Waals surface area contributed by atoms with E-state index in [4.69, 9.17) is 10.5 Å². The van der Waals surface area contributed by atoms with E-state index >= 15 is 0 Å². The molecule has 0 aromatic carbocycles. The lowest BCUT2D eigenvalue weighted by Gasteiger charge is -2.26. The molecule has 0 heterocycles. The Morgan fingerprint density at radius 2 is 1.93 bits per heavy atom. The summed E-state index contributed by atoms with van der Waals surface area (Å²) in [6, 6.07) is 0. The highest BCUT2D eigenvalue weighted by molar-refractivity contribution is 5.27. The van der Waals surface area contributed by atoms with Gasteiger partial charge in [0.2, 0.25) is 0 Å². The van der Waals surface area contributed by atoms with Crippen molar-refractivity contribution >= 4 is 0 Å². The van der Waals surface area contributed by atoms with Crippen molar-refractivity contribution in [1.29, 1.82) is 0 Å². The summed E-state index contributed by atoms with van der Waals surface area (Å²) in [5.41, 5.74) is 0.828. The molecule has 1 rings (SSSR count). The Balaban J connectivity index is 0.000000921. The largest absolute Gasteiger partial charge is 0.385 e. The van der Waals surface area contributed by atoms with E-state index in [0.29, 0.717) is 0 Å². The third kappa shape index (κ3) is 5.11. The Bertz CT molecular complexity index is 221. The van der Waals surface area contributed by atoms with Gasteiger partial charge in [0.15, 0.2) is 0 Å². The molecule has 0 spiro atoms. The Labute approximate surface area is 91.7 Å². The molecule has 3 N–H and O–H groups in total. The molecule has 0 fully saturated rings. The maximum atomic E-state index is 10.0. The second kappa shape index (κ2) is 7.63. The highest BCUT2D eigenvalue weighted by Crippen LogP contribution is 2.26. The Hall–Kier alpha value is -0.640. The zero-order chi connectivity index (χ0) is 11.7. The molecule has 3 heteroatoms. The first-order chi connectivity index (χ1) is 7.20. The van der Waals surface area contributed by atoms with Gasteiger partial charge in [-0.2, -0.15) is 0 Å². The average molecular weight is 214 g/mol. The van der Waals surface area contributed by atoms with Crippen molar-refractivity contribution in [3.63, 3.8) is 0 Å². The van der Waals surface area contributed by atoms with Gasteiger partial charge in [-0.1, -0.05) is 50.5 Å². The Morgan fingerprint density at radius 1 is 1.27 bits per heavy atom. The molecule has 1 atom stereocenters. The predicted octanol–water partition coefficient (Wildman–Crippen LogP) is 3.22. The van der Waals surface area contributed by atoms with Crippen LogP contribution in [-0.2, 0) is 0 Å². The normalized spacial score (nSPS) is 24.2. The molecule has 0 saturated carbocycles. The molecule has 0 amide bonds. The van der Waals surface area contributed by atoms with Crippen LogP contribution in [0.3, 0.4) is 0 Å². The molecular formula is C12H22O3. The van der Waals surface area contributed by atoms with E-state index in [9.17, 15) is 5.11 Å². The third-order valence-corrected chi connectivity index (χ3v) is 2.55. The summed E-state index contributed by atoms with van der Waals surface area (Å²) in [5.74, 6) is 0. The van der Waals surface area contributed by atoms with Crippen LogP contribution in [0.25, 0.3) is 0 Å². The minimum atomic E-state index is -0.550. The summed E-state index contributed by atoms with van der Waals surface area (Å²) in [6.45, 7) is 4.29. The van der Waals surface area contributed by atoms with Crippen LogP contribution in [0, 0.1) is 0 Å². The third-order valence-electron chi connectivity index (χ3n) is 2.55. The summed E-state index contributed by atoms with van der Waals surface area (Å²) in [7, 11) is 0. The maximum Gasteiger partial charge on any atom is 0.0865 e. The van der Waals surface area contributed by atoms with Crippen molar-refractivity contribution in [2.75, 3.05) is 0 Å². The highest BCUT2D eigenvalue weighted by Gasteiger charge is 2.23. The van der Waals surface area contributed by atoms with E-state index in [1.807, 2.05) is 6.08 Å². The van der Waals surface area contributed by atoms with Crippen molar-refractivity contribution in [3.8, 4) is 0 Å². The van der Waals surface area contributed by atoms with Gasteiger partial charge in [-0.05, 0) is 19.3 Å². The monoisotopic (exact) mass is 214 g/mol. The molecule has 88 valence electrons. The fourth-order valence-corrected chi connectivity index (χ4v) is 1.80. The molecule has 0 bridgehead atoms. The first-order valence-electron chi connectivity index (χ1n) is 5.51. The zero-order valence-corrected chi connectivity index (χ0v) is 9.61. The van der Waals surface area contributed by atoms with Gasteiger partial charge in [0.1, 0.15) is 0 Å². The molecule has 0 radical (unpaired) electrons. The molecule has 1 unspecified atom stereocenters. The van der Waals surface area contributed by atoms with E-state index in [0.717, 1.165) is 25.7 Å². The van der Waals surface area contributed by atoms with Crippen molar-refractivity contribution in [2.24, 2.45) is 0 Å². The lowest BCUT2D eigenvalue weighted by Crippen LogP contribution is -2.26. The number of rotatable bonds is 4. The molecular weight excluding hydrogens is 192 g/mol. The van der Waals surface area contributed by atoms with Gasteiger partial charge in [0.25, 0.3) is 0 Å². The standard InChI is InChI=1S/C12H20O.H2O2/c1-3-5-11-6-9-12(13,8-4-2)10-7-11;1-2/h6-7,9,13H,3-5,8,10H2,1-2H3;1-2H. The minimum absolute atomic E-state index is 0.550. The predicted molar refractivity (Wildman–Crippen MR) is 61.9 cm³/mol. The van der Waals surface area contributed by atoms with Gasteiger partial charge in [-0.15, -0.1) is 0 Å². The van der Waals surface area contributed by atoms with Crippen LogP contribution < -0.4 is 0 Å². The van der Waals surface area contributed by atoms with Crippen LogP contribution >= 0.6 is 0 Å². The highest BCUT2D eigenvalue weighted by atomic mass is 17.0. The maximum absolute atomic E-state index is 10.0. The van der Waals surface area contributed by atoms with Gasteiger partial charge in [-0.25, -0.2) is 0 Å². The topological polar surface area (TPSA) is 60.7 Å². The Kier molecular flexibility index (Phi) is 7.30. The van der Waals surface area contributed by atoms with Crippen LogP contribution in [0.15, 0.2) is 23.8 Å². The number of aliphatic hydroxyl groups is 1. The quantitative estimate of drug-likeness (QED) is 0.497. The Morgan fingerprint density at radius 3 is 2.33 bits per heavy atom. The van der Waals surface area contributed by atoms with E-state index in [1.54, 1.807) is 0 Å². The van der Waals surface area contributed by atoms with Crippen LogP contribution in [-0.4, -0.2) is 21.2 Å².